The molecule has 0 bridgehead atoms. The Morgan fingerprint density at radius 3 is 2.73 bits per heavy atom. The lowest BCUT2D eigenvalue weighted by molar-refractivity contribution is 0.0750. The highest BCUT2D eigenvalue weighted by atomic mass is 16.2. The molecule has 2 aromatic rings. The molecule has 0 saturated heterocycles. The van der Waals surface area contributed by atoms with E-state index in [4.69, 9.17) is 0 Å². The van der Waals surface area contributed by atoms with E-state index < -0.39 is 0 Å². The number of benzene rings is 1. The van der Waals surface area contributed by atoms with Crippen molar-refractivity contribution in [2.24, 2.45) is 0 Å². The molecule has 0 spiro atoms. The van der Waals surface area contributed by atoms with Gasteiger partial charge in [-0.05, 0) is 38.0 Å². The molecule has 0 radical (unpaired) electrons. The van der Waals surface area contributed by atoms with Crippen molar-refractivity contribution in [3.8, 4) is 0 Å². The molecule has 0 N–H and O–H groups in total. The van der Waals surface area contributed by atoms with Gasteiger partial charge in [0.05, 0.1) is 5.69 Å². The summed E-state index contributed by atoms with van der Waals surface area (Å²) in [5.41, 5.74) is 3.83. The fourth-order valence-electron chi connectivity index (χ4n) is 2.49. The lowest BCUT2D eigenvalue weighted by Crippen LogP contribution is -2.32. The van der Waals surface area contributed by atoms with Crippen LogP contribution < -0.4 is 0 Å². The minimum Gasteiger partial charge on any atom is -0.329 e. The van der Waals surface area contributed by atoms with E-state index in [1.165, 1.54) is 5.56 Å². The van der Waals surface area contributed by atoms with Gasteiger partial charge in [0.15, 0.2) is 0 Å². The molecular formula is C18H23N3O. The highest BCUT2D eigenvalue weighted by Gasteiger charge is 2.20. The fourth-order valence-corrected chi connectivity index (χ4v) is 2.49. The summed E-state index contributed by atoms with van der Waals surface area (Å²) >= 11 is 0. The molecule has 0 aliphatic rings. The van der Waals surface area contributed by atoms with Crippen molar-refractivity contribution in [2.75, 3.05) is 6.54 Å². The SMILES string of the molecule is C=CCN(Cc1ccccc1C)C(=O)c1cc(C)nn1CC. The Morgan fingerprint density at radius 1 is 1.36 bits per heavy atom. The smallest absolute Gasteiger partial charge is 0.272 e. The third kappa shape index (κ3) is 3.45. The predicted molar refractivity (Wildman–Crippen MR) is 88.8 cm³/mol. The molecule has 1 aromatic heterocycles. The van der Waals surface area contributed by atoms with Crippen LogP contribution in [0.15, 0.2) is 43.0 Å². The number of hydrogen-bond acceptors (Lipinski definition) is 2. The maximum atomic E-state index is 12.9. The average Bonchev–Trinajstić information content (AvgIpc) is 2.89. The van der Waals surface area contributed by atoms with Crippen LogP contribution in [0.25, 0.3) is 0 Å². The monoisotopic (exact) mass is 297 g/mol. The number of aryl methyl sites for hydroxylation is 3. The minimum absolute atomic E-state index is 0.00870. The molecule has 116 valence electrons. The summed E-state index contributed by atoms with van der Waals surface area (Å²) < 4.78 is 1.76. The van der Waals surface area contributed by atoms with E-state index in [1.807, 2.05) is 32.0 Å². The van der Waals surface area contributed by atoms with E-state index in [-0.39, 0.29) is 5.91 Å². The number of nitrogens with zero attached hydrogens (tertiary/aromatic N) is 3. The normalized spacial score (nSPS) is 10.5. The van der Waals surface area contributed by atoms with Crippen molar-refractivity contribution in [3.63, 3.8) is 0 Å². The maximum Gasteiger partial charge on any atom is 0.272 e. The first-order valence-corrected chi connectivity index (χ1v) is 7.56. The Hall–Kier alpha value is -2.36. The average molecular weight is 297 g/mol. The second-order valence-corrected chi connectivity index (χ2v) is 5.39. The number of hydrogen-bond donors (Lipinski definition) is 0. The van der Waals surface area contributed by atoms with E-state index >= 15 is 0 Å². The highest BCUT2D eigenvalue weighted by molar-refractivity contribution is 5.92. The third-order valence-corrected chi connectivity index (χ3v) is 3.68. The Bertz CT molecular complexity index is 673. The van der Waals surface area contributed by atoms with Crippen molar-refractivity contribution >= 4 is 5.91 Å². The molecule has 0 saturated carbocycles. The fraction of sp³-hybridized carbons (Fsp3) is 0.333. The van der Waals surface area contributed by atoms with Crippen LogP contribution in [0, 0.1) is 13.8 Å². The number of carbonyl (C=O) groups is 1. The molecule has 0 atom stereocenters. The number of carbonyl (C=O) groups excluding carboxylic acids is 1. The highest BCUT2D eigenvalue weighted by Crippen LogP contribution is 2.14. The number of aromatic nitrogens is 2. The van der Waals surface area contributed by atoms with Crippen molar-refractivity contribution < 1.29 is 4.79 Å². The van der Waals surface area contributed by atoms with Gasteiger partial charge in [0.2, 0.25) is 0 Å². The lowest BCUT2D eigenvalue weighted by Gasteiger charge is -2.22. The summed E-state index contributed by atoms with van der Waals surface area (Å²) in [6, 6.07) is 9.97. The lowest BCUT2D eigenvalue weighted by atomic mass is 10.1. The predicted octanol–water partition coefficient (Wildman–Crippen LogP) is 3.35. The Balaban J connectivity index is 2.29. The zero-order valence-electron chi connectivity index (χ0n) is 13.5. The van der Waals surface area contributed by atoms with E-state index in [1.54, 1.807) is 15.7 Å². The molecule has 22 heavy (non-hydrogen) atoms. The molecule has 0 unspecified atom stereocenters. The second kappa shape index (κ2) is 7.07. The molecule has 2 rings (SSSR count). The van der Waals surface area contributed by atoms with Gasteiger partial charge < -0.3 is 4.90 Å². The summed E-state index contributed by atoms with van der Waals surface area (Å²) in [5, 5.41) is 4.36. The van der Waals surface area contributed by atoms with Crippen molar-refractivity contribution in [1.29, 1.82) is 0 Å². The Morgan fingerprint density at radius 2 is 2.09 bits per heavy atom. The molecule has 0 aliphatic heterocycles. The van der Waals surface area contributed by atoms with Gasteiger partial charge >= 0.3 is 0 Å². The van der Waals surface area contributed by atoms with Gasteiger partial charge in [-0.3, -0.25) is 9.48 Å². The van der Waals surface area contributed by atoms with Gasteiger partial charge in [-0.25, -0.2) is 0 Å². The quantitative estimate of drug-likeness (QED) is 0.767. The van der Waals surface area contributed by atoms with Gasteiger partial charge in [-0.15, -0.1) is 6.58 Å². The maximum absolute atomic E-state index is 12.9. The van der Waals surface area contributed by atoms with E-state index in [2.05, 4.69) is 30.7 Å². The van der Waals surface area contributed by atoms with Crippen LogP contribution in [0.2, 0.25) is 0 Å². The third-order valence-electron chi connectivity index (χ3n) is 3.68. The van der Waals surface area contributed by atoms with Crippen LogP contribution >= 0.6 is 0 Å². The summed E-state index contributed by atoms with van der Waals surface area (Å²) in [5.74, 6) is -0.00870. The van der Waals surface area contributed by atoms with Crippen LogP contribution in [0.5, 0.6) is 0 Å². The summed E-state index contributed by atoms with van der Waals surface area (Å²) in [7, 11) is 0. The molecular weight excluding hydrogens is 274 g/mol. The molecule has 4 heteroatoms. The van der Waals surface area contributed by atoms with E-state index in [0.29, 0.717) is 25.3 Å². The number of amides is 1. The van der Waals surface area contributed by atoms with Gasteiger partial charge in [0, 0.05) is 19.6 Å². The van der Waals surface area contributed by atoms with Crippen molar-refractivity contribution in [3.05, 3.63) is 65.5 Å². The molecule has 1 aromatic carbocycles. The van der Waals surface area contributed by atoms with Crippen LogP contribution in [-0.2, 0) is 13.1 Å². The van der Waals surface area contributed by atoms with E-state index in [0.717, 1.165) is 11.3 Å². The topological polar surface area (TPSA) is 38.1 Å². The zero-order chi connectivity index (χ0) is 16.1. The van der Waals surface area contributed by atoms with Crippen LogP contribution in [0.1, 0.15) is 34.2 Å². The molecule has 4 nitrogen and oxygen atoms in total. The standard InChI is InChI=1S/C18H23N3O/c1-5-11-20(13-16-10-8-7-9-14(16)3)18(22)17-12-15(4)19-21(17)6-2/h5,7-10,12H,1,6,11,13H2,2-4H3. The Labute approximate surface area is 132 Å². The van der Waals surface area contributed by atoms with Crippen LogP contribution in [0.3, 0.4) is 0 Å². The first kappa shape index (κ1) is 16.0. The van der Waals surface area contributed by atoms with E-state index in [9.17, 15) is 4.79 Å². The molecule has 0 fully saturated rings. The summed E-state index contributed by atoms with van der Waals surface area (Å²) in [6.07, 6.45) is 1.76. The van der Waals surface area contributed by atoms with Gasteiger partial charge in [-0.2, -0.15) is 5.10 Å². The first-order valence-electron chi connectivity index (χ1n) is 7.56. The van der Waals surface area contributed by atoms with Crippen LogP contribution in [0.4, 0.5) is 0 Å². The van der Waals surface area contributed by atoms with Gasteiger partial charge in [0.1, 0.15) is 5.69 Å². The summed E-state index contributed by atoms with van der Waals surface area (Å²) in [6.45, 7) is 11.5. The second-order valence-electron chi connectivity index (χ2n) is 5.39. The van der Waals surface area contributed by atoms with Crippen molar-refractivity contribution in [2.45, 2.75) is 33.9 Å². The molecule has 1 heterocycles. The largest absolute Gasteiger partial charge is 0.329 e. The van der Waals surface area contributed by atoms with Gasteiger partial charge in [-0.1, -0.05) is 30.3 Å². The van der Waals surface area contributed by atoms with Crippen molar-refractivity contribution in [1.82, 2.24) is 14.7 Å². The zero-order valence-corrected chi connectivity index (χ0v) is 13.5. The molecule has 1 amide bonds. The van der Waals surface area contributed by atoms with Gasteiger partial charge in [0.25, 0.3) is 5.91 Å². The number of rotatable bonds is 6. The molecule has 0 aliphatic carbocycles. The van der Waals surface area contributed by atoms with Crippen LogP contribution in [-0.4, -0.2) is 27.1 Å². The Kier molecular flexibility index (Phi) is 5.15. The minimum atomic E-state index is -0.00870. The first-order chi connectivity index (χ1) is 10.6. The summed E-state index contributed by atoms with van der Waals surface area (Å²) in [4.78, 5) is 14.7.